The van der Waals surface area contributed by atoms with Crippen molar-refractivity contribution >= 4 is 26.7 Å². The summed E-state index contributed by atoms with van der Waals surface area (Å²) in [6, 6.07) is 6.79. The van der Waals surface area contributed by atoms with Crippen LogP contribution in [0.2, 0.25) is 0 Å². The summed E-state index contributed by atoms with van der Waals surface area (Å²) in [5.41, 5.74) is 0.378. The first-order chi connectivity index (χ1) is 10.6. The molecule has 2 rings (SSSR count). The van der Waals surface area contributed by atoms with Crippen molar-refractivity contribution in [2.75, 3.05) is 6.73 Å². The monoisotopic (exact) mass is 341 g/mol. The van der Waals surface area contributed by atoms with Crippen LogP contribution in [0.1, 0.15) is 38.1 Å². The first kappa shape index (κ1) is 18.2. The molecule has 1 aromatic rings. The van der Waals surface area contributed by atoms with Crippen LogP contribution in [0.5, 0.6) is 0 Å². The molecule has 1 unspecified atom stereocenters. The lowest BCUT2D eigenvalue weighted by Crippen LogP contribution is -2.41. The number of rotatable bonds is 5. The molecule has 1 atom stereocenters. The maximum absolute atomic E-state index is 11.8. The minimum absolute atomic E-state index is 0.313. The van der Waals surface area contributed by atoms with E-state index in [1.54, 1.807) is 24.3 Å². The molecule has 0 bridgehead atoms. The van der Waals surface area contributed by atoms with E-state index in [-0.39, 0.29) is 6.73 Å². The van der Waals surface area contributed by atoms with E-state index in [1.807, 2.05) is 27.7 Å². The van der Waals surface area contributed by atoms with E-state index < -0.39 is 32.5 Å². The molecular formula is C14H21BNO6P. The number of benzene rings is 1. The van der Waals surface area contributed by atoms with Crippen LogP contribution in [0, 0.1) is 0 Å². The van der Waals surface area contributed by atoms with Crippen molar-refractivity contribution in [3.05, 3.63) is 29.8 Å². The molecule has 0 spiro atoms. The van der Waals surface area contributed by atoms with Gasteiger partial charge in [0.05, 0.1) is 11.2 Å². The van der Waals surface area contributed by atoms with Crippen LogP contribution in [0.3, 0.4) is 0 Å². The van der Waals surface area contributed by atoms with Gasteiger partial charge in [-0.3, -0.25) is 13.9 Å². The Morgan fingerprint density at radius 2 is 1.74 bits per heavy atom. The van der Waals surface area contributed by atoms with E-state index in [1.165, 1.54) is 0 Å². The second-order valence-electron chi connectivity index (χ2n) is 6.27. The normalized spacial score (nSPS) is 20.3. The van der Waals surface area contributed by atoms with E-state index in [9.17, 15) is 9.36 Å². The Labute approximate surface area is 136 Å². The number of amides is 1. The molecule has 1 saturated heterocycles. The van der Waals surface area contributed by atoms with Crippen LogP contribution in [-0.2, 0) is 18.4 Å². The number of carbonyl (C=O) groups is 1. The lowest BCUT2D eigenvalue weighted by atomic mass is 9.79. The van der Waals surface area contributed by atoms with Crippen molar-refractivity contribution in [3.8, 4) is 0 Å². The summed E-state index contributed by atoms with van der Waals surface area (Å²) in [5.74, 6) is -0.395. The third-order valence-electron chi connectivity index (χ3n) is 4.13. The molecule has 126 valence electrons. The molecule has 2 N–H and O–H groups in total. The van der Waals surface area contributed by atoms with Crippen molar-refractivity contribution < 1.29 is 28.1 Å². The van der Waals surface area contributed by atoms with Gasteiger partial charge in [-0.15, -0.1) is 0 Å². The fourth-order valence-electron chi connectivity index (χ4n) is 2.04. The van der Waals surface area contributed by atoms with Crippen molar-refractivity contribution in [3.63, 3.8) is 0 Å². The molecule has 1 amide bonds. The first-order valence-corrected chi connectivity index (χ1v) is 8.48. The fourth-order valence-corrected chi connectivity index (χ4v) is 2.23. The predicted molar refractivity (Wildman–Crippen MR) is 86.8 cm³/mol. The van der Waals surface area contributed by atoms with Gasteiger partial charge in [-0.2, -0.15) is 0 Å². The minimum atomic E-state index is -3.05. The zero-order valence-electron chi connectivity index (χ0n) is 13.6. The molecule has 1 aliphatic heterocycles. The Morgan fingerprint density at radius 3 is 2.22 bits per heavy atom. The van der Waals surface area contributed by atoms with Crippen LogP contribution in [0.25, 0.3) is 0 Å². The Bertz CT molecular complexity index is 588. The lowest BCUT2D eigenvalue weighted by Gasteiger charge is -2.32. The van der Waals surface area contributed by atoms with Crippen molar-refractivity contribution in [2.24, 2.45) is 0 Å². The Kier molecular flexibility index (Phi) is 5.33. The van der Waals surface area contributed by atoms with Gasteiger partial charge in [0.25, 0.3) is 5.91 Å². The summed E-state index contributed by atoms with van der Waals surface area (Å²) in [5, 5.41) is 2.39. The summed E-state index contributed by atoms with van der Waals surface area (Å²) in [4.78, 5) is 20.4. The van der Waals surface area contributed by atoms with Crippen molar-refractivity contribution in [1.29, 1.82) is 0 Å². The zero-order valence-corrected chi connectivity index (χ0v) is 14.6. The third kappa shape index (κ3) is 4.22. The van der Waals surface area contributed by atoms with E-state index in [2.05, 4.69) is 9.84 Å². The van der Waals surface area contributed by atoms with E-state index in [4.69, 9.17) is 14.2 Å². The van der Waals surface area contributed by atoms with Crippen LogP contribution in [0.15, 0.2) is 24.3 Å². The number of hydrogen-bond acceptors (Lipinski definition) is 5. The molecule has 23 heavy (non-hydrogen) atoms. The SMILES string of the molecule is CC1(C)OB(c2ccc(C(=O)NCO[PH](=O)O)cc2)OC1(C)C. The highest BCUT2D eigenvalue weighted by molar-refractivity contribution is 7.32. The molecule has 0 aromatic heterocycles. The van der Waals surface area contributed by atoms with Crippen molar-refractivity contribution in [1.82, 2.24) is 5.32 Å². The first-order valence-electron chi connectivity index (χ1n) is 7.22. The number of hydrogen-bond donors (Lipinski definition) is 2. The second-order valence-corrected chi connectivity index (χ2v) is 7.09. The highest BCUT2D eigenvalue weighted by atomic mass is 31.1. The van der Waals surface area contributed by atoms with E-state index in [0.717, 1.165) is 5.46 Å². The summed E-state index contributed by atoms with van der Waals surface area (Å²) in [7, 11) is -3.53. The van der Waals surface area contributed by atoms with Crippen LogP contribution >= 0.6 is 8.25 Å². The molecule has 9 heteroatoms. The minimum Gasteiger partial charge on any atom is -0.399 e. The van der Waals surface area contributed by atoms with E-state index in [0.29, 0.717) is 5.56 Å². The van der Waals surface area contributed by atoms with Crippen LogP contribution < -0.4 is 10.8 Å². The standard InChI is InChI=1S/C14H21BNO6P/c1-13(2)14(3,4)22-15(21-13)11-7-5-10(6-8-11)12(17)16-9-20-23(18)19/h5-8,23H,9H2,1-4H3,(H,16,17)(H,18,19). The maximum Gasteiger partial charge on any atom is 0.494 e. The second kappa shape index (κ2) is 6.75. The molecule has 1 aromatic carbocycles. The van der Waals surface area contributed by atoms with E-state index >= 15 is 0 Å². The lowest BCUT2D eigenvalue weighted by molar-refractivity contribution is 0.00578. The number of nitrogens with one attached hydrogen (secondary N) is 1. The molecule has 7 nitrogen and oxygen atoms in total. The summed E-state index contributed by atoms with van der Waals surface area (Å²) < 4.78 is 26.7. The summed E-state index contributed by atoms with van der Waals surface area (Å²) in [6.07, 6.45) is 0. The fraction of sp³-hybridized carbons (Fsp3) is 0.500. The molecule has 0 radical (unpaired) electrons. The van der Waals surface area contributed by atoms with Crippen LogP contribution in [-0.4, -0.2) is 35.9 Å². The van der Waals surface area contributed by atoms with Gasteiger partial charge in [0, 0.05) is 5.56 Å². The highest BCUT2D eigenvalue weighted by Gasteiger charge is 2.51. The quantitative estimate of drug-likeness (QED) is 0.473. The average molecular weight is 341 g/mol. The highest BCUT2D eigenvalue weighted by Crippen LogP contribution is 2.36. The average Bonchev–Trinajstić information content (AvgIpc) is 2.67. The van der Waals surface area contributed by atoms with Crippen molar-refractivity contribution in [2.45, 2.75) is 38.9 Å². The Balaban J connectivity index is 2.00. The van der Waals surface area contributed by atoms with Gasteiger partial charge in [-0.1, -0.05) is 12.1 Å². The van der Waals surface area contributed by atoms with Gasteiger partial charge in [0.1, 0.15) is 6.73 Å². The molecular weight excluding hydrogens is 320 g/mol. The Morgan fingerprint density at radius 1 is 1.22 bits per heavy atom. The van der Waals surface area contributed by atoms with Gasteiger partial charge in [0.2, 0.25) is 0 Å². The van der Waals surface area contributed by atoms with Gasteiger partial charge >= 0.3 is 15.4 Å². The molecule has 1 aliphatic rings. The molecule has 0 saturated carbocycles. The molecule has 1 fully saturated rings. The summed E-state index contributed by atoms with van der Waals surface area (Å²) >= 11 is 0. The molecule has 1 heterocycles. The largest absolute Gasteiger partial charge is 0.494 e. The topological polar surface area (TPSA) is 94.1 Å². The predicted octanol–water partition coefficient (Wildman–Crippen LogP) is 1.07. The van der Waals surface area contributed by atoms with Crippen LogP contribution in [0.4, 0.5) is 0 Å². The van der Waals surface area contributed by atoms with Gasteiger partial charge in [-0.05, 0) is 45.3 Å². The smallest absolute Gasteiger partial charge is 0.399 e. The maximum atomic E-state index is 11.8. The summed E-state index contributed by atoms with van der Waals surface area (Å²) in [6.45, 7) is 7.58. The number of carbonyl (C=O) groups excluding carboxylic acids is 1. The third-order valence-corrected chi connectivity index (χ3v) is 4.52. The molecule has 0 aliphatic carbocycles. The van der Waals surface area contributed by atoms with Gasteiger partial charge in [-0.25, -0.2) is 0 Å². The zero-order chi connectivity index (χ0) is 17.3. The Hall–Kier alpha value is -1.18. The van der Waals surface area contributed by atoms with Gasteiger partial charge in [0.15, 0.2) is 0 Å². The van der Waals surface area contributed by atoms with Gasteiger partial charge < -0.3 is 19.5 Å².